The maximum absolute atomic E-state index is 8.97. The number of nitrogens with zero attached hydrogens (tertiary/aromatic N) is 1. The van der Waals surface area contributed by atoms with Crippen molar-refractivity contribution in [2.75, 3.05) is 26.8 Å². The average molecular weight is 238 g/mol. The monoisotopic (exact) mass is 238 g/mol. The molecule has 0 saturated carbocycles. The van der Waals surface area contributed by atoms with Gasteiger partial charge >= 0.3 is 0 Å². The van der Waals surface area contributed by atoms with Gasteiger partial charge in [-0.05, 0) is 12.6 Å². The molecule has 3 N–H and O–H groups in total. The Bertz CT molecular complexity index is 331. The van der Waals surface area contributed by atoms with Crippen molar-refractivity contribution in [2.45, 2.75) is 19.5 Å². The van der Waals surface area contributed by atoms with Crippen LogP contribution < -0.4 is 10.5 Å². The van der Waals surface area contributed by atoms with Crippen LogP contribution in [-0.4, -0.2) is 42.9 Å². The van der Waals surface area contributed by atoms with Crippen molar-refractivity contribution in [1.29, 1.82) is 0 Å². The summed E-state index contributed by atoms with van der Waals surface area (Å²) in [6.07, 6.45) is 0. The number of methoxy groups -OCH3 is 1. The zero-order valence-electron chi connectivity index (χ0n) is 10.6. The number of aliphatic hydroxyl groups excluding tert-OH is 1. The van der Waals surface area contributed by atoms with Crippen LogP contribution in [0.15, 0.2) is 24.3 Å². The highest BCUT2D eigenvalue weighted by Gasteiger charge is 2.11. The molecule has 0 bridgehead atoms. The maximum atomic E-state index is 8.97. The topological polar surface area (TPSA) is 58.7 Å². The Morgan fingerprint density at radius 1 is 1.41 bits per heavy atom. The Kier molecular flexibility index (Phi) is 5.97. The van der Waals surface area contributed by atoms with Gasteiger partial charge < -0.3 is 15.6 Å². The van der Waals surface area contributed by atoms with Crippen LogP contribution in [0.4, 0.5) is 0 Å². The quantitative estimate of drug-likeness (QED) is 0.739. The van der Waals surface area contributed by atoms with Crippen LogP contribution in [0.5, 0.6) is 5.75 Å². The van der Waals surface area contributed by atoms with Gasteiger partial charge in [0.1, 0.15) is 5.75 Å². The maximum Gasteiger partial charge on any atom is 0.123 e. The number of nitrogens with two attached hydrogens (primary N) is 1. The van der Waals surface area contributed by atoms with Gasteiger partial charge in [-0.25, -0.2) is 0 Å². The molecule has 1 aromatic rings. The van der Waals surface area contributed by atoms with Gasteiger partial charge in [0.2, 0.25) is 0 Å². The predicted octanol–water partition coefficient (Wildman–Crippen LogP) is 0.837. The summed E-state index contributed by atoms with van der Waals surface area (Å²) >= 11 is 0. The van der Waals surface area contributed by atoms with Crippen LogP contribution in [0.25, 0.3) is 0 Å². The van der Waals surface area contributed by atoms with E-state index in [4.69, 9.17) is 15.6 Å². The van der Waals surface area contributed by atoms with Gasteiger partial charge in [0, 0.05) is 24.7 Å². The molecule has 0 aliphatic carbocycles. The first-order valence-corrected chi connectivity index (χ1v) is 5.92. The summed E-state index contributed by atoms with van der Waals surface area (Å²) in [5.74, 6) is 0.892. The van der Waals surface area contributed by atoms with E-state index in [1.165, 1.54) is 0 Å². The summed E-state index contributed by atoms with van der Waals surface area (Å²) in [7, 11) is 1.68. The van der Waals surface area contributed by atoms with E-state index >= 15 is 0 Å². The number of likely N-dealkylation sites (N-methyl/N-ethyl adjacent to an activating group) is 1. The van der Waals surface area contributed by atoms with Crippen LogP contribution in [-0.2, 0) is 6.54 Å². The normalized spacial score (nSPS) is 12.8. The van der Waals surface area contributed by atoms with Gasteiger partial charge in [-0.3, -0.25) is 4.90 Å². The van der Waals surface area contributed by atoms with Crippen molar-refractivity contribution in [3.8, 4) is 5.75 Å². The highest BCUT2D eigenvalue weighted by atomic mass is 16.5. The Hall–Kier alpha value is -1.10. The molecule has 4 heteroatoms. The number of para-hydroxylation sites is 1. The largest absolute Gasteiger partial charge is 0.496 e. The Morgan fingerprint density at radius 3 is 2.71 bits per heavy atom. The van der Waals surface area contributed by atoms with Gasteiger partial charge in [-0.2, -0.15) is 0 Å². The van der Waals surface area contributed by atoms with Crippen LogP contribution in [0.3, 0.4) is 0 Å². The second-order valence-electron chi connectivity index (χ2n) is 4.08. The number of rotatable bonds is 7. The zero-order valence-corrected chi connectivity index (χ0v) is 10.6. The molecule has 0 unspecified atom stereocenters. The van der Waals surface area contributed by atoms with Crippen molar-refractivity contribution in [3.63, 3.8) is 0 Å². The lowest BCUT2D eigenvalue weighted by Gasteiger charge is -2.24. The van der Waals surface area contributed by atoms with E-state index in [0.29, 0.717) is 6.54 Å². The third-order valence-corrected chi connectivity index (χ3v) is 2.76. The fourth-order valence-electron chi connectivity index (χ4n) is 1.77. The van der Waals surface area contributed by atoms with E-state index in [9.17, 15) is 0 Å². The highest BCUT2D eigenvalue weighted by Crippen LogP contribution is 2.19. The van der Waals surface area contributed by atoms with Crippen LogP contribution in [0.2, 0.25) is 0 Å². The van der Waals surface area contributed by atoms with E-state index in [2.05, 4.69) is 11.8 Å². The standard InChI is InChI=1S/C13H22N2O2/c1-3-15(9-12(14)10-16)8-11-6-4-5-7-13(11)17-2/h4-7,12,16H,3,8-10,14H2,1-2H3/t12-/m1/s1. The predicted molar refractivity (Wildman–Crippen MR) is 69.0 cm³/mol. The molecule has 0 amide bonds. The molecule has 1 rings (SSSR count). The fraction of sp³-hybridized carbons (Fsp3) is 0.538. The molecule has 0 aromatic heterocycles. The summed E-state index contributed by atoms with van der Waals surface area (Å²) in [5.41, 5.74) is 6.89. The molecule has 0 heterocycles. The Labute approximate surface area is 103 Å². The number of hydrogen-bond donors (Lipinski definition) is 2. The van der Waals surface area contributed by atoms with E-state index < -0.39 is 0 Å². The molecule has 0 spiro atoms. The Balaban J connectivity index is 2.66. The van der Waals surface area contributed by atoms with E-state index in [1.54, 1.807) is 7.11 Å². The minimum Gasteiger partial charge on any atom is -0.496 e. The van der Waals surface area contributed by atoms with Crippen LogP contribution in [0, 0.1) is 0 Å². The minimum atomic E-state index is -0.190. The van der Waals surface area contributed by atoms with E-state index in [-0.39, 0.29) is 12.6 Å². The van der Waals surface area contributed by atoms with Crippen LogP contribution >= 0.6 is 0 Å². The van der Waals surface area contributed by atoms with Gasteiger partial charge in [-0.15, -0.1) is 0 Å². The molecular weight excluding hydrogens is 216 g/mol. The number of ether oxygens (including phenoxy) is 1. The highest BCUT2D eigenvalue weighted by molar-refractivity contribution is 5.33. The lowest BCUT2D eigenvalue weighted by Crippen LogP contribution is -2.39. The third kappa shape index (κ3) is 4.34. The minimum absolute atomic E-state index is 0.0163. The summed E-state index contributed by atoms with van der Waals surface area (Å²) in [6, 6.07) is 7.77. The van der Waals surface area contributed by atoms with Crippen molar-refractivity contribution in [2.24, 2.45) is 5.73 Å². The lowest BCUT2D eigenvalue weighted by molar-refractivity contribution is 0.200. The van der Waals surface area contributed by atoms with Crippen molar-refractivity contribution in [1.82, 2.24) is 4.90 Å². The lowest BCUT2D eigenvalue weighted by atomic mass is 10.1. The van der Waals surface area contributed by atoms with Gasteiger partial charge in [0.15, 0.2) is 0 Å². The summed E-state index contributed by atoms with van der Waals surface area (Å²) in [5, 5.41) is 8.97. The van der Waals surface area contributed by atoms with Crippen molar-refractivity contribution >= 4 is 0 Å². The molecule has 0 fully saturated rings. The fourth-order valence-corrected chi connectivity index (χ4v) is 1.77. The molecular formula is C13H22N2O2. The summed E-state index contributed by atoms with van der Waals surface area (Å²) < 4.78 is 5.31. The molecule has 17 heavy (non-hydrogen) atoms. The first-order chi connectivity index (χ1) is 8.21. The average Bonchev–Trinajstić information content (AvgIpc) is 2.38. The molecule has 0 aliphatic heterocycles. The van der Waals surface area contributed by atoms with Gasteiger partial charge in [-0.1, -0.05) is 25.1 Å². The first kappa shape index (κ1) is 14.0. The molecule has 0 radical (unpaired) electrons. The van der Waals surface area contributed by atoms with Gasteiger partial charge in [0.05, 0.1) is 13.7 Å². The first-order valence-electron chi connectivity index (χ1n) is 5.92. The molecule has 1 aromatic carbocycles. The Morgan fingerprint density at radius 2 is 2.12 bits per heavy atom. The summed E-state index contributed by atoms with van der Waals surface area (Å²) in [4.78, 5) is 2.19. The second kappa shape index (κ2) is 7.27. The molecule has 1 atom stereocenters. The van der Waals surface area contributed by atoms with Crippen LogP contribution in [0.1, 0.15) is 12.5 Å². The van der Waals surface area contributed by atoms with E-state index in [0.717, 1.165) is 24.4 Å². The van der Waals surface area contributed by atoms with Gasteiger partial charge in [0.25, 0.3) is 0 Å². The summed E-state index contributed by atoms with van der Waals surface area (Å²) in [6.45, 7) is 4.47. The number of hydrogen-bond acceptors (Lipinski definition) is 4. The zero-order chi connectivity index (χ0) is 12.7. The van der Waals surface area contributed by atoms with E-state index in [1.807, 2.05) is 24.3 Å². The molecule has 96 valence electrons. The third-order valence-electron chi connectivity index (χ3n) is 2.76. The smallest absolute Gasteiger partial charge is 0.123 e. The number of aliphatic hydroxyl groups is 1. The number of benzene rings is 1. The molecule has 0 saturated heterocycles. The second-order valence-corrected chi connectivity index (χ2v) is 4.08. The molecule has 0 aliphatic rings. The van der Waals surface area contributed by atoms with Crippen molar-refractivity contribution in [3.05, 3.63) is 29.8 Å². The van der Waals surface area contributed by atoms with Crippen molar-refractivity contribution < 1.29 is 9.84 Å². The molecule has 4 nitrogen and oxygen atoms in total. The SMILES string of the molecule is CCN(Cc1ccccc1OC)C[C@@H](N)CO.